The molecule has 0 fully saturated rings. The summed E-state index contributed by atoms with van der Waals surface area (Å²) in [5, 5.41) is 0. The predicted octanol–water partition coefficient (Wildman–Crippen LogP) is 7.50. The van der Waals surface area contributed by atoms with Crippen molar-refractivity contribution < 1.29 is 18.3 Å². The molecule has 0 heterocycles. The molecule has 0 bridgehead atoms. The molecule has 0 unspecified atom stereocenters. The molecule has 5 heteroatoms. The van der Waals surface area contributed by atoms with E-state index in [1.165, 1.54) is 70.6 Å². The molecule has 168 valence electrons. The molecule has 0 saturated carbocycles. The number of hydrogen-bond donors (Lipinski definition) is 0. The molecule has 0 N–H and O–H groups in total. The van der Waals surface area contributed by atoms with Gasteiger partial charge in [-0.1, -0.05) is 83.6 Å². The Morgan fingerprint density at radius 1 is 0.690 bits per heavy atom. The Bertz CT molecular complexity index is 511. The Morgan fingerprint density at radius 3 is 1.59 bits per heavy atom. The van der Waals surface area contributed by atoms with E-state index in [2.05, 4.69) is 20.0 Å². The zero-order valence-electron chi connectivity index (χ0n) is 19.6. The molecule has 0 amide bonds. The normalized spacial score (nSPS) is 11.5. The first kappa shape index (κ1) is 25.8. The van der Waals surface area contributed by atoms with E-state index < -0.39 is 8.56 Å². The van der Waals surface area contributed by atoms with Crippen LogP contribution in [0, 0.1) is 0 Å². The minimum atomic E-state index is -2.30. The van der Waals surface area contributed by atoms with Crippen molar-refractivity contribution in [3.8, 4) is 17.2 Å². The van der Waals surface area contributed by atoms with Gasteiger partial charge in [-0.2, -0.15) is 0 Å². The summed E-state index contributed by atoms with van der Waals surface area (Å²) in [5.41, 5.74) is 0. The second-order valence-corrected chi connectivity index (χ2v) is 11.5. The molecule has 0 aromatic heterocycles. The number of methoxy groups -OCH3 is 2. The van der Waals surface area contributed by atoms with Crippen LogP contribution >= 0.6 is 0 Å². The second-order valence-electron chi connectivity index (χ2n) is 8.23. The molecule has 0 aliphatic heterocycles. The van der Waals surface area contributed by atoms with Gasteiger partial charge in [0.05, 0.1) is 14.2 Å². The molecule has 0 saturated heterocycles. The van der Waals surface area contributed by atoms with Crippen molar-refractivity contribution in [2.24, 2.45) is 0 Å². The van der Waals surface area contributed by atoms with Gasteiger partial charge < -0.3 is 18.3 Å². The standard InChI is InChI=1S/C24H44O4Si/c1-6-7-8-9-10-11-12-13-14-15-16-17-21-27-29(4,5)28-24-22(25-2)19-18-20-23(24)26-3/h18-20H,6-17,21H2,1-5H3. The number of rotatable bonds is 18. The lowest BCUT2D eigenvalue weighted by atomic mass is 10.1. The second kappa shape index (κ2) is 15.6. The number of ether oxygens (including phenoxy) is 2. The van der Waals surface area contributed by atoms with E-state index in [9.17, 15) is 0 Å². The Kier molecular flexibility index (Phi) is 13.9. The van der Waals surface area contributed by atoms with Gasteiger partial charge in [-0.25, -0.2) is 0 Å². The molecule has 0 aliphatic carbocycles. The lowest BCUT2D eigenvalue weighted by Gasteiger charge is -2.26. The minimum Gasteiger partial charge on any atom is -0.515 e. The van der Waals surface area contributed by atoms with Crippen LogP contribution < -0.4 is 13.9 Å². The van der Waals surface area contributed by atoms with Crippen LogP contribution in [-0.4, -0.2) is 29.4 Å². The predicted molar refractivity (Wildman–Crippen MR) is 125 cm³/mol. The third-order valence-electron chi connectivity index (χ3n) is 5.18. The summed E-state index contributed by atoms with van der Waals surface area (Å²) in [4.78, 5) is 0. The van der Waals surface area contributed by atoms with E-state index in [0.717, 1.165) is 13.0 Å². The molecule has 1 aromatic rings. The van der Waals surface area contributed by atoms with E-state index in [-0.39, 0.29) is 0 Å². The third kappa shape index (κ3) is 11.5. The molecule has 4 nitrogen and oxygen atoms in total. The topological polar surface area (TPSA) is 36.9 Å². The molecule has 0 radical (unpaired) electrons. The minimum absolute atomic E-state index is 0.642. The van der Waals surface area contributed by atoms with Crippen LogP contribution in [0.5, 0.6) is 17.2 Å². The molecule has 0 spiro atoms. The van der Waals surface area contributed by atoms with Crippen molar-refractivity contribution in [1.82, 2.24) is 0 Å². The number of hydrogen-bond acceptors (Lipinski definition) is 4. The average Bonchev–Trinajstić information content (AvgIpc) is 2.71. The van der Waals surface area contributed by atoms with Gasteiger partial charge in [-0.15, -0.1) is 0 Å². The SMILES string of the molecule is CCCCCCCCCCCCCCO[Si](C)(C)Oc1c(OC)cccc1OC. The lowest BCUT2D eigenvalue weighted by Crippen LogP contribution is -2.38. The first-order chi connectivity index (χ1) is 14.0. The monoisotopic (exact) mass is 424 g/mol. The number of para-hydroxylation sites is 1. The van der Waals surface area contributed by atoms with Crippen LogP contribution in [0.3, 0.4) is 0 Å². The van der Waals surface area contributed by atoms with Gasteiger partial charge in [0, 0.05) is 6.61 Å². The van der Waals surface area contributed by atoms with Crippen molar-refractivity contribution in [3.63, 3.8) is 0 Å². The van der Waals surface area contributed by atoms with Gasteiger partial charge in [0.2, 0.25) is 0 Å². The first-order valence-corrected chi connectivity index (χ1v) is 14.4. The highest BCUT2D eigenvalue weighted by Gasteiger charge is 2.29. The van der Waals surface area contributed by atoms with E-state index >= 15 is 0 Å². The molecule has 29 heavy (non-hydrogen) atoms. The Balaban J connectivity index is 2.14. The van der Waals surface area contributed by atoms with E-state index in [4.69, 9.17) is 18.3 Å². The first-order valence-electron chi connectivity index (χ1n) is 11.6. The molecular weight excluding hydrogens is 380 g/mol. The van der Waals surface area contributed by atoms with E-state index in [1.807, 2.05) is 18.2 Å². The van der Waals surface area contributed by atoms with Crippen molar-refractivity contribution in [2.75, 3.05) is 20.8 Å². The van der Waals surface area contributed by atoms with Crippen molar-refractivity contribution in [2.45, 2.75) is 97.1 Å². The van der Waals surface area contributed by atoms with Crippen LogP contribution in [0.1, 0.15) is 84.0 Å². The maximum Gasteiger partial charge on any atom is 0.392 e. The summed E-state index contributed by atoms with van der Waals surface area (Å²) in [6.07, 6.45) is 16.2. The average molecular weight is 425 g/mol. The van der Waals surface area contributed by atoms with Crippen molar-refractivity contribution in [3.05, 3.63) is 18.2 Å². The van der Waals surface area contributed by atoms with Crippen molar-refractivity contribution >= 4 is 8.56 Å². The maximum absolute atomic E-state index is 6.22. The summed E-state index contributed by atoms with van der Waals surface area (Å²) in [5.74, 6) is 2.00. The number of benzene rings is 1. The summed E-state index contributed by atoms with van der Waals surface area (Å²) < 4.78 is 23.2. The van der Waals surface area contributed by atoms with Gasteiger partial charge in [-0.3, -0.25) is 0 Å². The van der Waals surface area contributed by atoms with Crippen LogP contribution in [-0.2, 0) is 4.43 Å². The fraction of sp³-hybridized carbons (Fsp3) is 0.750. The summed E-state index contributed by atoms with van der Waals surface area (Å²) in [7, 11) is 0.985. The maximum atomic E-state index is 6.22. The summed E-state index contributed by atoms with van der Waals surface area (Å²) in [6, 6.07) is 5.66. The van der Waals surface area contributed by atoms with Crippen molar-refractivity contribution in [1.29, 1.82) is 0 Å². The van der Waals surface area contributed by atoms with Gasteiger partial charge in [-0.05, 0) is 31.6 Å². The number of unbranched alkanes of at least 4 members (excludes halogenated alkanes) is 11. The third-order valence-corrected chi connectivity index (χ3v) is 6.77. The summed E-state index contributed by atoms with van der Waals surface area (Å²) in [6.45, 7) is 7.17. The van der Waals surface area contributed by atoms with Crippen LogP contribution in [0.25, 0.3) is 0 Å². The zero-order valence-corrected chi connectivity index (χ0v) is 20.6. The highest BCUT2D eigenvalue weighted by Crippen LogP contribution is 2.38. The zero-order chi connectivity index (χ0) is 21.4. The van der Waals surface area contributed by atoms with Gasteiger partial charge in [0.1, 0.15) is 0 Å². The van der Waals surface area contributed by atoms with Crippen LogP contribution in [0.15, 0.2) is 18.2 Å². The van der Waals surface area contributed by atoms with Gasteiger partial charge >= 0.3 is 8.56 Å². The van der Waals surface area contributed by atoms with Gasteiger partial charge in [0.25, 0.3) is 0 Å². The van der Waals surface area contributed by atoms with Gasteiger partial charge in [0.15, 0.2) is 17.2 Å². The molecule has 1 rings (SSSR count). The summed E-state index contributed by atoms with van der Waals surface area (Å²) >= 11 is 0. The lowest BCUT2D eigenvalue weighted by molar-refractivity contribution is 0.233. The quantitative estimate of drug-likeness (QED) is 0.180. The fourth-order valence-corrected chi connectivity index (χ4v) is 4.84. The Morgan fingerprint density at radius 2 is 1.14 bits per heavy atom. The Labute approximate surface area is 180 Å². The molecule has 1 aromatic carbocycles. The molecule has 0 atom stereocenters. The molecule has 0 aliphatic rings. The van der Waals surface area contributed by atoms with E-state index in [1.54, 1.807) is 14.2 Å². The fourth-order valence-electron chi connectivity index (χ4n) is 3.45. The van der Waals surface area contributed by atoms with Crippen LogP contribution in [0.4, 0.5) is 0 Å². The highest BCUT2D eigenvalue weighted by molar-refractivity contribution is 6.65. The smallest absolute Gasteiger partial charge is 0.392 e. The van der Waals surface area contributed by atoms with Crippen LogP contribution in [0.2, 0.25) is 13.1 Å². The van der Waals surface area contributed by atoms with E-state index in [0.29, 0.717) is 17.2 Å². The largest absolute Gasteiger partial charge is 0.515 e. The Hall–Kier alpha value is -1.20. The highest BCUT2D eigenvalue weighted by atomic mass is 28.4. The molecular formula is C24H44O4Si.